The summed E-state index contributed by atoms with van der Waals surface area (Å²) < 4.78 is 0. The maximum absolute atomic E-state index is 8.66. The Labute approximate surface area is 120 Å². The smallest absolute Gasteiger partial charge is 0.0431 e. The Balaban J connectivity index is 3.03. The van der Waals surface area contributed by atoms with Gasteiger partial charge in [-0.05, 0) is 44.9 Å². The Morgan fingerprint density at radius 3 is 1.47 bits per heavy atom. The molecule has 112 valence electrons. The number of allylic oxidation sites excluding steroid dienone is 3. The third-order valence-corrected chi connectivity index (χ3v) is 3.47. The topological polar surface area (TPSA) is 20.2 Å². The zero-order valence-corrected chi connectivity index (χ0v) is 12.8. The van der Waals surface area contributed by atoms with E-state index in [4.69, 9.17) is 5.11 Å². The summed E-state index contributed by atoms with van der Waals surface area (Å²) in [6, 6.07) is 0. The highest BCUT2D eigenvalue weighted by Gasteiger charge is 1.90. The van der Waals surface area contributed by atoms with E-state index in [9.17, 15) is 0 Å². The molecule has 0 aliphatic rings. The van der Waals surface area contributed by atoms with Gasteiger partial charge in [0.1, 0.15) is 0 Å². The highest BCUT2D eigenvalue weighted by atomic mass is 16.2. The van der Waals surface area contributed by atoms with Crippen LogP contribution in [0, 0.1) is 0 Å². The van der Waals surface area contributed by atoms with Gasteiger partial charge in [-0.25, -0.2) is 0 Å². The number of unbranched alkanes of at least 4 members (excludes halogenated alkanes) is 11. The lowest BCUT2D eigenvalue weighted by Crippen LogP contribution is -1.83. The Kier molecular flexibility index (Phi) is 16.9. The fourth-order valence-corrected chi connectivity index (χ4v) is 2.22. The zero-order chi connectivity index (χ0) is 14.0. The minimum absolute atomic E-state index is 0.357. The van der Waals surface area contributed by atoms with Crippen molar-refractivity contribution in [3.63, 3.8) is 0 Å². The van der Waals surface area contributed by atoms with Crippen LogP contribution in [-0.2, 0) is 0 Å². The van der Waals surface area contributed by atoms with Crippen LogP contribution in [0.25, 0.3) is 0 Å². The fraction of sp³-hybridized carbons (Fsp3) is 0.778. The summed E-state index contributed by atoms with van der Waals surface area (Å²) in [6.45, 7) is 4.10. The van der Waals surface area contributed by atoms with Crippen LogP contribution >= 0.6 is 0 Å². The Hall–Kier alpha value is -0.560. The molecule has 1 heteroatoms. The number of aliphatic hydroxyl groups excluding tert-OH is 1. The van der Waals surface area contributed by atoms with Crippen LogP contribution < -0.4 is 0 Å². The van der Waals surface area contributed by atoms with Gasteiger partial charge in [0.05, 0.1) is 0 Å². The SMILES string of the molecule is C=CCCCCCC/C=C\CCCCCCCCO. The highest BCUT2D eigenvalue weighted by molar-refractivity contribution is 4.81. The number of aliphatic hydroxyl groups is 1. The largest absolute Gasteiger partial charge is 0.396 e. The molecule has 1 N–H and O–H groups in total. The van der Waals surface area contributed by atoms with Crippen molar-refractivity contribution < 1.29 is 5.11 Å². The van der Waals surface area contributed by atoms with Crippen LogP contribution in [0.15, 0.2) is 24.8 Å². The van der Waals surface area contributed by atoms with Crippen molar-refractivity contribution in [1.29, 1.82) is 0 Å². The van der Waals surface area contributed by atoms with Gasteiger partial charge in [0, 0.05) is 6.61 Å². The molecule has 0 aliphatic carbocycles. The lowest BCUT2D eigenvalue weighted by atomic mass is 10.1. The van der Waals surface area contributed by atoms with Crippen molar-refractivity contribution in [2.75, 3.05) is 6.61 Å². The van der Waals surface area contributed by atoms with Crippen molar-refractivity contribution >= 4 is 0 Å². The summed E-state index contributed by atoms with van der Waals surface area (Å²) in [5.74, 6) is 0. The van der Waals surface area contributed by atoms with Gasteiger partial charge in [0.25, 0.3) is 0 Å². The Morgan fingerprint density at radius 2 is 1.00 bits per heavy atom. The van der Waals surface area contributed by atoms with Crippen LogP contribution in [-0.4, -0.2) is 11.7 Å². The van der Waals surface area contributed by atoms with E-state index in [0.717, 1.165) is 6.42 Å². The molecule has 0 aromatic carbocycles. The molecule has 0 aromatic heterocycles. The zero-order valence-electron chi connectivity index (χ0n) is 12.8. The van der Waals surface area contributed by atoms with Crippen LogP contribution in [0.5, 0.6) is 0 Å². The van der Waals surface area contributed by atoms with E-state index in [1.807, 2.05) is 6.08 Å². The van der Waals surface area contributed by atoms with Crippen molar-refractivity contribution in [1.82, 2.24) is 0 Å². The monoisotopic (exact) mass is 266 g/mol. The lowest BCUT2D eigenvalue weighted by Gasteiger charge is -1.99. The average Bonchev–Trinajstić information content (AvgIpc) is 2.43. The van der Waals surface area contributed by atoms with E-state index in [2.05, 4.69) is 18.7 Å². The molecule has 0 amide bonds. The molecule has 0 aromatic rings. The quantitative estimate of drug-likeness (QED) is 0.294. The Bertz CT molecular complexity index is 196. The van der Waals surface area contributed by atoms with Crippen LogP contribution in [0.1, 0.15) is 83.5 Å². The maximum atomic E-state index is 8.66. The minimum Gasteiger partial charge on any atom is -0.396 e. The maximum Gasteiger partial charge on any atom is 0.0431 e. The molecule has 0 bridgehead atoms. The van der Waals surface area contributed by atoms with Crippen molar-refractivity contribution in [3.05, 3.63) is 24.8 Å². The first-order valence-electron chi connectivity index (χ1n) is 8.28. The summed E-state index contributed by atoms with van der Waals surface area (Å²) in [6.07, 6.45) is 23.2. The van der Waals surface area contributed by atoms with Gasteiger partial charge in [0.15, 0.2) is 0 Å². The third-order valence-electron chi connectivity index (χ3n) is 3.47. The van der Waals surface area contributed by atoms with Crippen molar-refractivity contribution in [2.45, 2.75) is 83.5 Å². The molecule has 0 rings (SSSR count). The molecule has 19 heavy (non-hydrogen) atoms. The van der Waals surface area contributed by atoms with Gasteiger partial charge in [-0.15, -0.1) is 6.58 Å². The number of hydrogen-bond donors (Lipinski definition) is 1. The molecular formula is C18H34O. The predicted octanol–water partition coefficient (Wildman–Crippen LogP) is 5.79. The molecule has 0 aliphatic heterocycles. The lowest BCUT2D eigenvalue weighted by molar-refractivity contribution is 0.282. The molecule has 1 nitrogen and oxygen atoms in total. The number of rotatable bonds is 15. The second-order valence-electron chi connectivity index (χ2n) is 5.39. The fourth-order valence-electron chi connectivity index (χ4n) is 2.22. The molecule has 0 atom stereocenters. The van der Waals surface area contributed by atoms with E-state index in [0.29, 0.717) is 6.61 Å². The number of hydrogen-bond acceptors (Lipinski definition) is 1. The first kappa shape index (κ1) is 18.4. The predicted molar refractivity (Wildman–Crippen MR) is 86.4 cm³/mol. The van der Waals surface area contributed by atoms with Gasteiger partial charge in [-0.2, -0.15) is 0 Å². The summed E-state index contributed by atoms with van der Waals surface area (Å²) in [5, 5.41) is 8.66. The molecule has 0 heterocycles. The van der Waals surface area contributed by atoms with Crippen molar-refractivity contribution in [2.24, 2.45) is 0 Å². The normalized spacial score (nSPS) is 11.2. The highest BCUT2D eigenvalue weighted by Crippen LogP contribution is 2.09. The van der Waals surface area contributed by atoms with Gasteiger partial charge >= 0.3 is 0 Å². The first-order valence-corrected chi connectivity index (χ1v) is 8.28. The second-order valence-corrected chi connectivity index (χ2v) is 5.39. The molecule has 0 saturated carbocycles. The van der Waals surface area contributed by atoms with E-state index in [1.54, 1.807) is 0 Å². The molecule has 0 spiro atoms. The van der Waals surface area contributed by atoms with Crippen LogP contribution in [0.4, 0.5) is 0 Å². The van der Waals surface area contributed by atoms with Gasteiger partial charge in [-0.1, -0.05) is 56.8 Å². The van der Waals surface area contributed by atoms with Crippen molar-refractivity contribution in [3.8, 4) is 0 Å². The second kappa shape index (κ2) is 17.4. The average molecular weight is 266 g/mol. The molecule has 0 unspecified atom stereocenters. The summed E-state index contributed by atoms with van der Waals surface area (Å²) >= 11 is 0. The standard InChI is InChI=1S/C18H34O/c1-2-3-4-5-6-7-8-9-10-11-12-13-14-15-16-17-18-19/h2,9-10,19H,1,3-8,11-18H2/b10-9-. The van der Waals surface area contributed by atoms with Gasteiger partial charge in [0.2, 0.25) is 0 Å². The van der Waals surface area contributed by atoms with E-state index >= 15 is 0 Å². The third kappa shape index (κ3) is 17.4. The molecular weight excluding hydrogens is 232 g/mol. The van der Waals surface area contributed by atoms with E-state index < -0.39 is 0 Å². The first-order chi connectivity index (χ1) is 9.41. The van der Waals surface area contributed by atoms with Gasteiger partial charge < -0.3 is 5.11 Å². The molecule has 0 radical (unpaired) electrons. The van der Waals surface area contributed by atoms with E-state index in [1.165, 1.54) is 77.0 Å². The minimum atomic E-state index is 0.357. The van der Waals surface area contributed by atoms with Crippen LogP contribution in [0.3, 0.4) is 0 Å². The molecule has 0 saturated heterocycles. The Morgan fingerprint density at radius 1 is 0.579 bits per heavy atom. The molecule has 0 fully saturated rings. The van der Waals surface area contributed by atoms with E-state index in [-0.39, 0.29) is 0 Å². The summed E-state index contributed by atoms with van der Waals surface area (Å²) in [7, 11) is 0. The summed E-state index contributed by atoms with van der Waals surface area (Å²) in [5.41, 5.74) is 0. The summed E-state index contributed by atoms with van der Waals surface area (Å²) in [4.78, 5) is 0. The van der Waals surface area contributed by atoms with Crippen LogP contribution in [0.2, 0.25) is 0 Å². The van der Waals surface area contributed by atoms with Gasteiger partial charge in [-0.3, -0.25) is 0 Å².